The zero-order valence-corrected chi connectivity index (χ0v) is 13.2. The average Bonchev–Trinajstić information content (AvgIpc) is 2.72. The smallest absolute Gasteiger partial charge is 0.250 e. The maximum Gasteiger partial charge on any atom is 0.250 e. The fourth-order valence-corrected chi connectivity index (χ4v) is 2.69. The molecule has 0 aliphatic carbocycles. The third-order valence-corrected chi connectivity index (χ3v) is 4.68. The second-order valence-electron chi connectivity index (χ2n) is 4.85. The van der Waals surface area contributed by atoms with E-state index in [1.165, 1.54) is 21.0 Å². The highest BCUT2D eigenvalue weighted by Crippen LogP contribution is 2.41. The van der Waals surface area contributed by atoms with E-state index in [0.717, 1.165) is 0 Å². The Bertz CT molecular complexity index is 739. The Morgan fingerprint density at radius 3 is 2.59 bits per heavy atom. The molecule has 22 heavy (non-hydrogen) atoms. The van der Waals surface area contributed by atoms with Gasteiger partial charge in [-0.1, -0.05) is 18.2 Å². The highest BCUT2D eigenvalue weighted by Gasteiger charge is 2.50. The first kappa shape index (κ1) is 16.2. The van der Waals surface area contributed by atoms with Crippen molar-refractivity contribution in [3.05, 3.63) is 41.5 Å². The number of Topliss-reactive ketones (excluding diaryl/α,β-unsaturated/α-hetero) is 1. The van der Waals surface area contributed by atoms with Crippen LogP contribution in [0.1, 0.15) is 19.4 Å². The van der Waals surface area contributed by atoms with Crippen molar-refractivity contribution in [3.63, 3.8) is 0 Å². The summed E-state index contributed by atoms with van der Waals surface area (Å²) in [5.74, 6) is -1.80. The zero-order valence-electron chi connectivity index (χ0n) is 12.4. The molecular weight excluding hydrogens is 310 g/mol. The van der Waals surface area contributed by atoms with E-state index in [1.54, 1.807) is 24.3 Å². The van der Waals surface area contributed by atoms with Gasteiger partial charge in [0, 0.05) is 5.56 Å². The first-order chi connectivity index (χ1) is 10.2. The summed E-state index contributed by atoms with van der Waals surface area (Å²) >= 11 is 0. The summed E-state index contributed by atoms with van der Waals surface area (Å²) in [5.41, 5.74) is -1.18. The number of hydrogen-bond acceptors (Lipinski definition) is 6. The van der Waals surface area contributed by atoms with Crippen molar-refractivity contribution in [3.8, 4) is 5.75 Å². The van der Waals surface area contributed by atoms with Gasteiger partial charge >= 0.3 is 0 Å². The number of para-hydroxylation sites is 1. The minimum atomic E-state index is -3.68. The monoisotopic (exact) mass is 327 g/mol. The molecule has 0 amide bonds. The highest BCUT2D eigenvalue weighted by molar-refractivity contribution is 7.89. The number of aliphatic hydroxyl groups is 1. The van der Waals surface area contributed by atoms with Crippen LogP contribution in [0.3, 0.4) is 0 Å². The van der Waals surface area contributed by atoms with E-state index in [9.17, 15) is 18.3 Å². The van der Waals surface area contributed by atoms with Crippen LogP contribution in [0.2, 0.25) is 0 Å². The van der Waals surface area contributed by atoms with Crippen LogP contribution in [0.15, 0.2) is 35.9 Å². The van der Waals surface area contributed by atoms with Crippen molar-refractivity contribution in [1.82, 2.24) is 4.72 Å². The molecule has 0 saturated heterocycles. The molecule has 0 aromatic heterocycles. The minimum Gasteiger partial charge on any atom is -0.501 e. The van der Waals surface area contributed by atoms with Gasteiger partial charge in [0.2, 0.25) is 27.3 Å². The molecule has 1 aliphatic heterocycles. The molecule has 0 spiro atoms. The lowest BCUT2D eigenvalue weighted by atomic mass is 9.91. The molecule has 1 heterocycles. The summed E-state index contributed by atoms with van der Waals surface area (Å²) in [4.78, 5) is 12.4. The Morgan fingerprint density at radius 2 is 2.00 bits per heavy atom. The SMILES string of the molecule is CCS(=O)(=O)NC1=C(O)C(=O)C(C)(c2ccccc2OC)O1. The molecule has 8 heteroatoms. The topological polar surface area (TPSA) is 102 Å². The van der Waals surface area contributed by atoms with E-state index in [-0.39, 0.29) is 5.75 Å². The average molecular weight is 327 g/mol. The summed E-state index contributed by atoms with van der Waals surface area (Å²) in [6.45, 7) is 2.87. The van der Waals surface area contributed by atoms with Crippen molar-refractivity contribution in [2.75, 3.05) is 12.9 Å². The van der Waals surface area contributed by atoms with Gasteiger partial charge in [-0.25, -0.2) is 8.42 Å². The van der Waals surface area contributed by atoms with Gasteiger partial charge in [0.25, 0.3) is 5.78 Å². The number of carbonyl (C=O) groups is 1. The number of aliphatic hydroxyl groups excluding tert-OH is 1. The fraction of sp³-hybridized carbons (Fsp3) is 0.357. The van der Waals surface area contributed by atoms with Crippen LogP contribution in [-0.4, -0.2) is 32.2 Å². The summed E-state index contributed by atoms with van der Waals surface area (Å²) in [6.07, 6.45) is 0. The Kier molecular flexibility index (Phi) is 4.06. The van der Waals surface area contributed by atoms with Gasteiger partial charge in [-0.15, -0.1) is 0 Å². The van der Waals surface area contributed by atoms with Crippen molar-refractivity contribution >= 4 is 15.8 Å². The van der Waals surface area contributed by atoms with Crippen molar-refractivity contribution in [1.29, 1.82) is 0 Å². The number of ether oxygens (including phenoxy) is 2. The van der Waals surface area contributed by atoms with Crippen LogP contribution in [0.5, 0.6) is 5.75 Å². The summed E-state index contributed by atoms with van der Waals surface area (Å²) in [5, 5.41) is 9.91. The van der Waals surface area contributed by atoms with Gasteiger partial charge in [0.15, 0.2) is 0 Å². The number of carbonyl (C=O) groups excluding carboxylic acids is 1. The number of methoxy groups -OCH3 is 1. The first-order valence-electron chi connectivity index (χ1n) is 6.56. The number of hydrogen-bond donors (Lipinski definition) is 2. The second-order valence-corrected chi connectivity index (χ2v) is 6.86. The summed E-state index contributed by atoms with van der Waals surface area (Å²) < 4.78 is 35.9. The number of rotatable bonds is 5. The maximum absolute atomic E-state index is 12.4. The third kappa shape index (κ3) is 2.61. The van der Waals surface area contributed by atoms with E-state index in [1.807, 2.05) is 0 Å². The van der Waals surface area contributed by atoms with Crippen molar-refractivity contribution in [2.24, 2.45) is 0 Å². The molecule has 1 aromatic rings. The second kappa shape index (κ2) is 5.53. The van der Waals surface area contributed by atoms with Gasteiger partial charge < -0.3 is 14.6 Å². The van der Waals surface area contributed by atoms with Crippen LogP contribution >= 0.6 is 0 Å². The first-order valence-corrected chi connectivity index (χ1v) is 8.21. The van der Waals surface area contributed by atoms with Gasteiger partial charge in [-0.3, -0.25) is 9.52 Å². The quantitative estimate of drug-likeness (QED) is 0.842. The van der Waals surface area contributed by atoms with Crippen LogP contribution in [0.25, 0.3) is 0 Å². The van der Waals surface area contributed by atoms with E-state index in [2.05, 4.69) is 4.72 Å². The van der Waals surface area contributed by atoms with E-state index in [0.29, 0.717) is 11.3 Å². The van der Waals surface area contributed by atoms with Crippen LogP contribution in [-0.2, 0) is 25.2 Å². The lowest BCUT2D eigenvalue weighted by molar-refractivity contribution is -0.131. The molecule has 0 saturated carbocycles. The molecule has 120 valence electrons. The zero-order chi connectivity index (χ0) is 16.5. The van der Waals surface area contributed by atoms with Crippen molar-refractivity contribution in [2.45, 2.75) is 19.4 Å². The van der Waals surface area contributed by atoms with Gasteiger partial charge in [0.1, 0.15) is 5.75 Å². The van der Waals surface area contributed by atoms with Crippen molar-refractivity contribution < 1.29 is 27.8 Å². The van der Waals surface area contributed by atoms with Gasteiger partial charge in [-0.2, -0.15) is 0 Å². The van der Waals surface area contributed by atoms with E-state index < -0.39 is 33.0 Å². The minimum absolute atomic E-state index is 0.216. The summed E-state index contributed by atoms with van der Waals surface area (Å²) in [6, 6.07) is 6.66. The maximum atomic E-state index is 12.4. The standard InChI is InChI=1S/C14H17NO6S/c1-4-22(18,19)15-13-11(16)12(17)14(2,21-13)9-7-5-6-8-10(9)20-3/h5-8,15-16H,4H2,1-3H3. The van der Waals surface area contributed by atoms with Gasteiger partial charge in [0.05, 0.1) is 12.9 Å². The van der Waals surface area contributed by atoms with Crippen LogP contribution in [0.4, 0.5) is 0 Å². The third-order valence-electron chi connectivity index (χ3n) is 3.42. The Balaban J connectivity index is 2.43. The largest absolute Gasteiger partial charge is 0.501 e. The number of sulfonamides is 1. The predicted octanol–water partition coefficient (Wildman–Crippen LogP) is 1.18. The predicted molar refractivity (Wildman–Crippen MR) is 78.7 cm³/mol. The van der Waals surface area contributed by atoms with E-state index >= 15 is 0 Å². The molecule has 1 unspecified atom stereocenters. The lowest BCUT2D eigenvalue weighted by Gasteiger charge is -2.25. The molecule has 0 fully saturated rings. The molecule has 2 N–H and O–H groups in total. The lowest BCUT2D eigenvalue weighted by Crippen LogP contribution is -2.33. The normalized spacial score (nSPS) is 21.7. The molecule has 0 bridgehead atoms. The Morgan fingerprint density at radius 1 is 1.36 bits per heavy atom. The Labute approximate surface area is 128 Å². The van der Waals surface area contributed by atoms with Gasteiger partial charge in [-0.05, 0) is 19.9 Å². The molecule has 1 aromatic carbocycles. The Hall–Kier alpha value is -2.22. The molecule has 1 aliphatic rings. The molecule has 0 radical (unpaired) electrons. The number of nitrogens with one attached hydrogen (secondary N) is 1. The summed E-state index contributed by atoms with van der Waals surface area (Å²) in [7, 11) is -2.24. The van der Waals surface area contributed by atoms with Crippen LogP contribution < -0.4 is 9.46 Å². The number of ketones is 1. The fourth-order valence-electron chi connectivity index (χ4n) is 2.13. The van der Waals surface area contributed by atoms with Crippen LogP contribution in [0, 0.1) is 0 Å². The van der Waals surface area contributed by atoms with E-state index in [4.69, 9.17) is 9.47 Å². The number of benzene rings is 1. The highest BCUT2D eigenvalue weighted by atomic mass is 32.2. The molecular formula is C14H17NO6S. The molecule has 2 rings (SSSR count). The molecule has 1 atom stereocenters. The molecule has 7 nitrogen and oxygen atoms in total.